The van der Waals surface area contributed by atoms with Crippen LogP contribution in [0.1, 0.15) is 37.4 Å². The van der Waals surface area contributed by atoms with E-state index in [2.05, 4.69) is 25.1 Å². The first-order chi connectivity index (χ1) is 13.2. The second kappa shape index (κ2) is 8.27. The number of benzene rings is 1. The van der Waals surface area contributed by atoms with Crippen LogP contribution in [0.5, 0.6) is 0 Å². The normalized spacial score (nSPS) is 18.1. The zero-order chi connectivity index (χ0) is 18.6. The summed E-state index contributed by atoms with van der Waals surface area (Å²) in [5, 5.41) is 14.3. The summed E-state index contributed by atoms with van der Waals surface area (Å²) in [6, 6.07) is 7.21. The number of nitrogens with one attached hydrogen (secondary N) is 1. The molecule has 2 N–H and O–H groups in total. The largest absolute Gasteiger partial charge is 0.387 e. The maximum Gasteiger partial charge on any atom is 0.231 e. The van der Waals surface area contributed by atoms with E-state index >= 15 is 0 Å². The molecule has 0 saturated carbocycles. The number of nitrogens with zero attached hydrogens (tertiary/aromatic N) is 5. The van der Waals surface area contributed by atoms with E-state index in [0.29, 0.717) is 17.5 Å². The molecule has 0 aliphatic carbocycles. The molecular formula is C19H25ClN6O. The van der Waals surface area contributed by atoms with Crippen molar-refractivity contribution < 1.29 is 5.11 Å². The number of aliphatic hydroxyl groups excluding tert-OH is 1. The van der Waals surface area contributed by atoms with Crippen LogP contribution < -0.4 is 15.1 Å². The SMILES string of the molecule is O[C@H](CNc1nc(N2CCCC2)nc(N2CCCC2)n1)c1ccc(Cl)cc1. The molecule has 1 aromatic heterocycles. The molecule has 1 atom stereocenters. The first-order valence-electron chi connectivity index (χ1n) is 9.62. The van der Waals surface area contributed by atoms with Gasteiger partial charge in [0.05, 0.1) is 6.10 Å². The van der Waals surface area contributed by atoms with Gasteiger partial charge in [0.2, 0.25) is 17.8 Å². The second-order valence-electron chi connectivity index (χ2n) is 7.10. The fourth-order valence-corrected chi connectivity index (χ4v) is 3.67. The summed E-state index contributed by atoms with van der Waals surface area (Å²) in [5.74, 6) is 1.97. The third-order valence-corrected chi connectivity index (χ3v) is 5.35. The van der Waals surface area contributed by atoms with E-state index in [-0.39, 0.29) is 0 Å². The van der Waals surface area contributed by atoms with Gasteiger partial charge >= 0.3 is 0 Å². The van der Waals surface area contributed by atoms with Crippen molar-refractivity contribution in [1.82, 2.24) is 15.0 Å². The zero-order valence-electron chi connectivity index (χ0n) is 15.3. The van der Waals surface area contributed by atoms with Crippen molar-refractivity contribution in [2.45, 2.75) is 31.8 Å². The number of halogens is 1. The monoisotopic (exact) mass is 388 g/mol. The van der Waals surface area contributed by atoms with Crippen molar-refractivity contribution in [3.8, 4) is 0 Å². The molecule has 144 valence electrons. The molecule has 7 nitrogen and oxygen atoms in total. The predicted octanol–water partition coefficient (Wildman–Crippen LogP) is 2.87. The van der Waals surface area contributed by atoms with E-state index in [1.165, 1.54) is 25.7 Å². The van der Waals surface area contributed by atoms with Crippen LogP contribution in [0.2, 0.25) is 5.02 Å². The van der Waals surface area contributed by atoms with Gasteiger partial charge in [0.25, 0.3) is 0 Å². The molecule has 2 aliphatic rings. The van der Waals surface area contributed by atoms with E-state index in [4.69, 9.17) is 16.6 Å². The lowest BCUT2D eigenvalue weighted by Gasteiger charge is -2.21. The molecule has 0 radical (unpaired) electrons. The number of hydrogen-bond donors (Lipinski definition) is 2. The molecule has 2 aromatic rings. The molecule has 3 heterocycles. The van der Waals surface area contributed by atoms with E-state index < -0.39 is 6.10 Å². The fourth-order valence-electron chi connectivity index (χ4n) is 3.54. The minimum Gasteiger partial charge on any atom is -0.387 e. The van der Waals surface area contributed by atoms with Gasteiger partial charge < -0.3 is 20.2 Å². The van der Waals surface area contributed by atoms with Gasteiger partial charge in [-0.1, -0.05) is 23.7 Å². The zero-order valence-corrected chi connectivity index (χ0v) is 16.1. The molecule has 1 aromatic carbocycles. The number of rotatable bonds is 6. The smallest absolute Gasteiger partial charge is 0.231 e. The van der Waals surface area contributed by atoms with E-state index in [1.54, 1.807) is 12.1 Å². The van der Waals surface area contributed by atoms with Crippen molar-refractivity contribution >= 4 is 29.4 Å². The summed E-state index contributed by atoms with van der Waals surface area (Å²) in [6.45, 7) is 4.25. The van der Waals surface area contributed by atoms with Crippen molar-refractivity contribution in [2.24, 2.45) is 0 Å². The maximum atomic E-state index is 10.4. The molecule has 4 rings (SSSR count). The molecule has 2 aliphatic heterocycles. The minimum atomic E-state index is -0.662. The third kappa shape index (κ3) is 4.42. The predicted molar refractivity (Wildman–Crippen MR) is 108 cm³/mol. The van der Waals surface area contributed by atoms with Gasteiger partial charge in [0, 0.05) is 37.7 Å². The van der Waals surface area contributed by atoms with Gasteiger partial charge in [-0.15, -0.1) is 0 Å². The topological polar surface area (TPSA) is 77.4 Å². The summed E-state index contributed by atoms with van der Waals surface area (Å²) in [4.78, 5) is 18.3. The Morgan fingerprint density at radius 1 is 0.889 bits per heavy atom. The van der Waals surface area contributed by atoms with Crippen molar-refractivity contribution in [1.29, 1.82) is 0 Å². The Labute approximate surface area is 164 Å². The Morgan fingerprint density at radius 2 is 1.41 bits per heavy atom. The number of aromatic nitrogens is 3. The average molecular weight is 389 g/mol. The summed E-state index contributed by atoms with van der Waals surface area (Å²) in [5.41, 5.74) is 0.806. The van der Waals surface area contributed by atoms with E-state index in [1.807, 2.05) is 12.1 Å². The Balaban J connectivity index is 1.50. The summed E-state index contributed by atoms with van der Waals surface area (Å²) in [7, 11) is 0. The Kier molecular flexibility index (Phi) is 5.59. The van der Waals surface area contributed by atoms with Gasteiger partial charge in [-0.3, -0.25) is 0 Å². The van der Waals surface area contributed by atoms with E-state index in [9.17, 15) is 5.11 Å². The summed E-state index contributed by atoms with van der Waals surface area (Å²) < 4.78 is 0. The highest BCUT2D eigenvalue weighted by Gasteiger charge is 2.21. The molecule has 27 heavy (non-hydrogen) atoms. The molecule has 2 saturated heterocycles. The highest BCUT2D eigenvalue weighted by molar-refractivity contribution is 6.30. The van der Waals surface area contributed by atoms with Gasteiger partial charge in [-0.05, 0) is 43.4 Å². The van der Waals surface area contributed by atoms with Gasteiger partial charge in [0.15, 0.2) is 0 Å². The van der Waals surface area contributed by atoms with Crippen LogP contribution >= 0.6 is 11.6 Å². The summed E-state index contributed by atoms with van der Waals surface area (Å²) >= 11 is 5.92. The number of aliphatic hydroxyl groups is 1. The van der Waals surface area contributed by atoms with Crippen LogP contribution in [0.3, 0.4) is 0 Å². The molecule has 0 spiro atoms. The Morgan fingerprint density at radius 3 is 1.93 bits per heavy atom. The number of hydrogen-bond acceptors (Lipinski definition) is 7. The van der Waals surface area contributed by atoms with Crippen molar-refractivity contribution in [2.75, 3.05) is 47.8 Å². The lowest BCUT2D eigenvalue weighted by atomic mass is 10.1. The van der Waals surface area contributed by atoms with Crippen LogP contribution in [0, 0.1) is 0 Å². The molecule has 2 fully saturated rings. The van der Waals surface area contributed by atoms with Crippen LogP contribution in [0.4, 0.5) is 17.8 Å². The second-order valence-corrected chi connectivity index (χ2v) is 7.53. The number of anilines is 3. The molecule has 0 amide bonds. The van der Waals surface area contributed by atoms with Gasteiger partial charge in [-0.2, -0.15) is 15.0 Å². The van der Waals surface area contributed by atoms with Crippen molar-refractivity contribution in [3.05, 3.63) is 34.9 Å². The minimum absolute atomic E-state index is 0.324. The molecule has 0 unspecified atom stereocenters. The van der Waals surface area contributed by atoms with Crippen LogP contribution in [-0.4, -0.2) is 52.8 Å². The maximum absolute atomic E-state index is 10.4. The van der Waals surface area contributed by atoms with Crippen LogP contribution in [0.15, 0.2) is 24.3 Å². The van der Waals surface area contributed by atoms with Crippen LogP contribution in [0.25, 0.3) is 0 Å². The molecule has 8 heteroatoms. The van der Waals surface area contributed by atoms with E-state index in [0.717, 1.165) is 43.6 Å². The molecular weight excluding hydrogens is 364 g/mol. The lowest BCUT2D eigenvalue weighted by Crippen LogP contribution is -2.26. The highest BCUT2D eigenvalue weighted by Crippen LogP contribution is 2.23. The quantitative estimate of drug-likeness (QED) is 0.787. The average Bonchev–Trinajstić information content (AvgIpc) is 3.40. The lowest BCUT2D eigenvalue weighted by molar-refractivity contribution is 0.191. The standard InChI is InChI=1S/C19H25ClN6O/c20-15-7-5-14(6-8-15)16(27)13-21-17-22-18(25-9-1-2-10-25)24-19(23-17)26-11-3-4-12-26/h5-8,16,27H,1-4,9-13H2,(H,21,22,23,24)/t16-/m1/s1. The van der Waals surface area contributed by atoms with Crippen LogP contribution in [-0.2, 0) is 0 Å². The first kappa shape index (κ1) is 18.3. The van der Waals surface area contributed by atoms with Crippen molar-refractivity contribution in [3.63, 3.8) is 0 Å². The Bertz CT molecular complexity index is 725. The van der Waals surface area contributed by atoms with Gasteiger partial charge in [0.1, 0.15) is 0 Å². The first-order valence-corrected chi connectivity index (χ1v) is 10.0. The summed E-state index contributed by atoms with van der Waals surface area (Å²) in [6.07, 6.45) is 4.02. The van der Waals surface area contributed by atoms with Gasteiger partial charge in [-0.25, -0.2) is 0 Å². The Hall–Kier alpha value is -2.12. The fraction of sp³-hybridized carbons (Fsp3) is 0.526. The molecule has 0 bridgehead atoms. The highest BCUT2D eigenvalue weighted by atomic mass is 35.5. The third-order valence-electron chi connectivity index (χ3n) is 5.10.